The zero-order chi connectivity index (χ0) is 11.2. The van der Waals surface area contributed by atoms with E-state index in [0.717, 1.165) is 0 Å². The number of ketones is 1. The molecule has 0 heterocycles. The third-order valence-corrected chi connectivity index (χ3v) is 3.10. The van der Waals surface area contributed by atoms with Gasteiger partial charge in [0.05, 0.1) is 0 Å². The van der Waals surface area contributed by atoms with E-state index in [9.17, 15) is 13.6 Å². The van der Waals surface area contributed by atoms with Crippen LogP contribution in [0.15, 0.2) is 0 Å². The van der Waals surface area contributed by atoms with Crippen molar-refractivity contribution in [3.05, 3.63) is 0 Å². The van der Waals surface area contributed by atoms with Crippen LogP contribution in [-0.4, -0.2) is 30.5 Å². The van der Waals surface area contributed by atoms with Gasteiger partial charge in [-0.3, -0.25) is 4.79 Å². The van der Waals surface area contributed by atoms with Crippen LogP contribution in [0.25, 0.3) is 0 Å². The number of carbonyl (C=O) groups is 1. The maximum atomic E-state index is 12.6. The third-order valence-electron chi connectivity index (χ3n) is 1.97. The molecule has 7 heteroatoms. The molecule has 0 rings (SSSR count). The molecule has 0 saturated heterocycles. The minimum absolute atomic E-state index is 0.0465. The normalized spacial score (nSPS) is 16.4. The number of carbonyl (C=O) groups excluding carboxylic acids is 1. The number of hydrogen-bond acceptors (Lipinski definition) is 3. The van der Waals surface area contributed by atoms with Crippen LogP contribution in [0.5, 0.6) is 0 Å². The van der Waals surface area contributed by atoms with Crippen molar-refractivity contribution in [1.82, 2.24) is 0 Å². The molecule has 0 aliphatic rings. The van der Waals surface area contributed by atoms with Crippen molar-refractivity contribution in [2.24, 2.45) is 11.5 Å². The van der Waals surface area contributed by atoms with E-state index >= 15 is 0 Å². The first-order valence-electron chi connectivity index (χ1n) is 4.23. The molecule has 0 aromatic heterocycles. The second-order valence-electron chi connectivity index (χ2n) is 3.04. The number of nitrogens with two attached hydrogens (primary N) is 2. The van der Waals surface area contributed by atoms with Crippen LogP contribution >= 0.6 is 17.2 Å². The van der Waals surface area contributed by atoms with E-state index in [-0.39, 0.29) is 27.4 Å². The van der Waals surface area contributed by atoms with Gasteiger partial charge in [-0.25, -0.2) is 8.78 Å². The summed E-state index contributed by atoms with van der Waals surface area (Å²) in [7, 11) is 2.58. The molecule has 4 N–H and O–H groups in total. The van der Waals surface area contributed by atoms with Crippen LogP contribution in [0.2, 0.25) is 0 Å². The van der Waals surface area contributed by atoms with Gasteiger partial charge in [-0.1, -0.05) is 8.27 Å². The van der Waals surface area contributed by atoms with E-state index in [2.05, 4.69) is 8.93 Å². The first kappa shape index (κ1) is 14.3. The SMILES string of the molecule is NCCCC(N)(C(=O)CPP)C(F)F. The largest absolute Gasteiger partial charge is 0.330 e. The first-order chi connectivity index (χ1) is 6.49. The number of alkyl halides is 2. The van der Waals surface area contributed by atoms with Gasteiger partial charge in [0.25, 0.3) is 6.43 Å². The molecule has 3 unspecified atom stereocenters. The summed E-state index contributed by atoms with van der Waals surface area (Å²) >= 11 is 0. The quantitative estimate of drug-likeness (QED) is 0.648. The second-order valence-corrected chi connectivity index (χ2v) is 5.02. The molecule has 0 spiro atoms. The summed E-state index contributed by atoms with van der Waals surface area (Å²) in [5, 5.41) is 0. The Morgan fingerprint density at radius 1 is 1.57 bits per heavy atom. The van der Waals surface area contributed by atoms with E-state index in [1.54, 1.807) is 0 Å². The molecular formula is C7H16F2N2OP2. The van der Waals surface area contributed by atoms with Gasteiger partial charge in [0.1, 0.15) is 5.54 Å². The molecule has 0 fully saturated rings. The minimum Gasteiger partial charge on any atom is -0.330 e. The van der Waals surface area contributed by atoms with Gasteiger partial charge in [0.15, 0.2) is 5.78 Å². The van der Waals surface area contributed by atoms with Crippen molar-refractivity contribution in [1.29, 1.82) is 0 Å². The Balaban J connectivity index is 4.45. The topological polar surface area (TPSA) is 69.1 Å². The summed E-state index contributed by atoms with van der Waals surface area (Å²) in [5.74, 6) is -0.575. The van der Waals surface area contributed by atoms with Gasteiger partial charge in [-0.05, 0) is 19.4 Å². The lowest BCUT2D eigenvalue weighted by atomic mass is 9.91. The Morgan fingerprint density at radius 3 is 2.50 bits per heavy atom. The van der Waals surface area contributed by atoms with Gasteiger partial charge in [0.2, 0.25) is 0 Å². The predicted molar refractivity (Wildman–Crippen MR) is 59.1 cm³/mol. The fourth-order valence-corrected chi connectivity index (χ4v) is 2.09. The Labute approximate surface area is 86.2 Å². The zero-order valence-corrected chi connectivity index (χ0v) is 9.96. The molecule has 0 aliphatic heterocycles. The third kappa shape index (κ3) is 3.82. The van der Waals surface area contributed by atoms with Crippen molar-refractivity contribution in [2.75, 3.05) is 12.7 Å². The van der Waals surface area contributed by atoms with Gasteiger partial charge >= 0.3 is 0 Å². The number of halogens is 2. The smallest absolute Gasteiger partial charge is 0.263 e. The highest BCUT2D eigenvalue weighted by molar-refractivity contribution is 8.03. The summed E-state index contributed by atoms with van der Waals surface area (Å²) in [6.45, 7) is 0.266. The summed E-state index contributed by atoms with van der Waals surface area (Å²) in [6.07, 6.45) is -2.43. The average molecular weight is 244 g/mol. The summed E-state index contributed by atoms with van der Waals surface area (Å²) in [4.78, 5) is 11.4. The van der Waals surface area contributed by atoms with Crippen LogP contribution in [0.3, 0.4) is 0 Å². The average Bonchev–Trinajstić information content (AvgIpc) is 2.14. The zero-order valence-electron chi connectivity index (χ0n) is 7.80. The molecule has 3 nitrogen and oxygen atoms in total. The molecule has 84 valence electrons. The maximum Gasteiger partial charge on any atom is 0.263 e. The Hall–Kier alpha value is 0.310. The van der Waals surface area contributed by atoms with Gasteiger partial charge in [0, 0.05) is 6.16 Å². The highest BCUT2D eigenvalue weighted by atomic mass is 32.0. The first-order valence-corrected chi connectivity index (χ1v) is 7.24. The molecule has 0 saturated carbocycles. The fraction of sp³-hybridized carbons (Fsp3) is 0.857. The van der Waals surface area contributed by atoms with Crippen molar-refractivity contribution < 1.29 is 13.6 Å². The molecule has 0 bridgehead atoms. The van der Waals surface area contributed by atoms with Crippen LogP contribution in [0.1, 0.15) is 12.8 Å². The van der Waals surface area contributed by atoms with E-state index in [0.29, 0.717) is 6.42 Å². The molecule has 14 heavy (non-hydrogen) atoms. The lowest BCUT2D eigenvalue weighted by Crippen LogP contribution is -2.55. The molecule has 0 radical (unpaired) electrons. The highest BCUT2D eigenvalue weighted by Gasteiger charge is 2.41. The maximum absolute atomic E-state index is 12.6. The van der Waals surface area contributed by atoms with E-state index in [1.165, 1.54) is 0 Å². The van der Waals surface area contributed by atoms with Crippen molar-refractivity contribution in [3.8, 4) is 0 Å². The van der Waals surface area contributed by atoms with Gasteiger partial charge < -0.3 is 11.5 Å². The Kier molecular flexibility index (Phi) is 6.88. The van der Waals surface area contributed by atoms with Crippen molar-refractivity contribution in [2.45, 2.75) is 24.8 Å². The number of Topliss-reactive ketones (excluding diaryl/α,β-unsaturated/α-hetero) is 1. The standard InChI is InChI=1S/C7H16F2N2OP2/c8-6(9)7(11,2-1-3-10)5(12)4-14-13/h6,14H,1-4,10-11,13H2. The fourth-order valence-electron chi connectivity index (χ4n) is 1.02. The van der Waals surface area contributed by atoms with E-state index < -0.39 is 17.7 Å². The Morgan fingerprint density at radius 2 is 2.14 bits per heavy atom. The molecule has 0 aromatic rings. The van der Waals surface area contributed by atoms with Crippen LogP contribution in [0.4, 0.5) is 8.78 Å². The van der Waals surface area contributed by atoms with Crippen molar-refractivity contribution in [3.63, 3.8) is 0 Å². The molecule has 0 aliphatic carbocycles. The van der Waals surface area contributed by atoms with Crippen molar-refractivity contribution >= 4 is 23.0 Å². The predicted octanol–water partition coefficient (Wildman–Crippen LogP) is 0.726. The summed E-state index contributed by atoms with van der Waals surface area (Å²) in [6, 6.07) is 0. The van der Waals surface area contributed by atoms with Gasteiger partial charge in [-0.15, -0.1) is 8.93 Å². The number of hydrogen-bond donors (Lipinski definition) is 2. The van der Waals surface area contributed by atoms with Crippen LogP contribution < -0.4 is 11.5 Å². The lowest BCUT2D eigenvalue weighted by Gasteiger charge is -2.26. The van der Waals surface area contributed by atoms with Crippen LogP contribution in [-0.2, 0) is 4.79 Å². The number of rotatable bonds is 7. The van der Waals surface area contributed by atoms with Crippen LogP contribution in [0, 0.1) is 0 Å². The Bertz CT molecular complexity index is 195. The summed E-state index contributed by atoms with van der Waals surface area (Å²) < 4.78 is 25.2. The molecule has 0 aromatic carbocycles. The second kappa shape index (κ2) is 6.73. The minimum atomic E-state index is -2.82. The molecule has 0 amide bonds. The van der Waals surface area contributed by atoms with E-state index in [1.807, 2.05) is 0 Å². The highest BCUT2D eigenvalue weighted by Crippen LogP contribution is 2.26. The summed E-state index contributed by atoms with van der Waals surface area (Å²) in [5.41, 5.74) is 8.60. The molecule has 3 atom stereocenters. The molecular weight excluding hydrogens is 228 g/mol. The monoisotopic (exact) mass is 244 g/mol. The van der Waals surface area contributed by atoms with Gasteiger partial charge in [-0.2, -0.15) is 0 Å². The van der Waals surface area contributed by atoms with E-state index in [4.69, 9.17) is 11.5 Å². The lowest BCUT2D eigenvalue weighted by molar-refractivity contribution is -0.127.